The molecule has 1 aliphatic heterocycles. The van der Waals surface area contributed by atoms with E-state index < -0.39 is 0 Å². The van der Waals surface area contributed by atoms with E-state index in [0.717, 1.165) is 38.6 Å². The van der Waals surface area contributed by atoms with Crippen LogP contribution < -0.4 is 10.6 Å². The van der Waals surface area contributed by atoms with Crippen LogP contribution in [0.5, 0.6) is 0 Å². The Morgan fingerprint density at radius 3 is 3.05 bits per heavy atom. The number of hydrogen-bond donors (Lipinski definition) is 2. The molecule has 1 aromatic rings. The average Bonchev–Trinajstić information content (AvgIpc) is 3.34. The van der Waals surface area contributed by atoms with Gasteiger partial charge in [0.05, 0.1) is 5.92 Å². The molecule has 0 radical (unpaired) electrons. The van der Waals surface area contributed by atoms with Crippen molar-refractivity contribution in [2.45, 2.75) is 31.7 Å². The summed E-state index contributed by atoms with van der Waals surface area (Å²) in [5, 5.41) is 6.35. The quantitative estimate of drug-likeness (QED) is 0.752. The maximum atomic E-state index is 12.3. The van der Waals surface area contributed by atoms with Crippen LogP contribution in [-0.4, -0.2) is 32.2 Å². The standard InChI is InChI=1S/C17H24N2O2/c20-17(19-8-3-9-21-12-13-6-7-13)16-11-18-10-14-4-1-2-5-15(14)16/h1-2,4-5,13,16,18H,3,6-12H2,(H,19,20). The van der Waals surface area contributed by atoms with E-state index >= 15 is 0 Å². The molecule has 1 aliphatic carbocycles. The topological polar surface area (TPSA) is 50.4 Å². The number of nitrogens with one attached hydrogen (secondary N) is 2. The number of benzene rings is 1. The van der Waals surface area contributed by atoms with Crippen molar-refractivity contribution in [3.63, 3.8) is 0 Å². The second kappa shape index (κ2) is 7.05. The molecule has 1 amide bonds. The molecule has 1 aromatic carbocycles. The van der Waals surface area contributed by atoms with Crippen LogP contribution in [0.15, 0.2) is 24.3 Å². The molecule has 0 bridgehead atoms. The number of ether oxygens (including phenoxy) is 1. The summed E-state index contributed by atoms with van der Waals surface area (Å²) >= 11 is 0. The third-order valence-corrected chi connectivity index (χ3v) is 4.23. The van der Waals surface area contributed by atoms with Crippen LogP contribution in [0, 0.1) is 5.92 Å². The highest BCUT2D eigenvalue weighted by molar-refractivity contribution is 5.84. The van der Waals surface area contributed by atoms with E-state index in [1.54, 1.807) is 0 Å². The Bertz CT molecular complexity index is 485. The zero-order valence-corrected chi connectivity index (χ0v) is 12.4. The molecule has 1 saturated carbocycles. The zero-order valence-electron chi connectivity index (χ0n) is 12.4. The minimum atomic E-state index is -0.0673. The van der Waals surface area contributed by atoms with Gasteiger partial charge in [-0.25, -0.2) is 0 Å². The van der Waals surface area contributed by atoms with Gasteiger partial charge in [0, 0.05) is 32.8 Å². The first kappa shape index (κ1) is 14.5. The summed E-state index contributed by atoms with van der Waals surface area (Å²) in [5.74, 6) is 0.864. The predicted octanol–water partition coefficient (Wildman–Crippen LogP) is 1.81. The van der Waals surface area contributed by atoms with Gasteiger partial charge in [0.1, 0.15) is 0 Å². The number of rotatable bonds is 7. The Balaban J connectivity index is 1.41. The van der Waals surface area contributed by atoms with Gasteiger partial charge in [0.2, 0.25) is 5.91 Å². The van der Waals surface area contributed by atoms with Gasteiger partial charge in [-0.05, 0) is 36.3 Å². The molecule has 1 fully saturated rings. The van der Waals surface area contributed by atoms with Gasteiger partial charge >= 0.3 is 0 Å². The van der Waals surface area contributed by atoms with Crippen molar-refractivity contribution in [1.82, 2.24) is 10.6 Å². The summed E-state index contributed by atoms with van der Waals surface area (Å²) in [4.78, 5) is 12.3. The highest BCUT2D eigenvalue weighted by atomic mass is 16.5. The molecule has 1 heterocycles. The van der Waals surface area contributed by atoms with Crippen LogP contribution in [0.4, 0.5) is 0 Å². The lowest BCUT2D eigenvalue weighted by molar-refractivity contribution is -0.122. The second-order valence-corrected chi connectivity index (χ2v) is 6.05. The predicted molar refractivity (Wildman–Crippen MR) is 82.1 cm³/mol. The van der Waals surface area contributed by atoms with Gasteiger partial charge < -0.3 is 15.4 Å². The second-order valence-electron chi connectivity index (χ2n) is 6.05. The average molecular weight is 288 g/mol. The van der Waals surface area contributed by atoms with Gasteiger partial charge in [-0.15, -0.1) is 0 Å². The lowest BCUT2D eigenvalue weighted by Gasteiger charge is -2.25. The summed E-state index contributed by atoms with van der Waals surface area (Å²) < 4.78 is 5.58. The summed E-state index contributed by atoms with van der Waals surface area (Å²) in [6, 6.07) is 8.20. The van der Waals surface area contributed by atoms with Crippen LogP contribution in [0.1, 0.15) is 36.3 Å². The van der Waals surface area contributed by atoms with Gasteiger partial charge in [-0.3, -0.25) is 4.79 Å². The Hall–Kier alpha value is -1.39. The first-order chi connectivity index (χ1) is 10.3. The smallest absolute Gasteiger partial charge is 0.228 e. The maximum absolute atomic E-state index is 12.3. The van der Waals surface area contributed by atoms with Crippen LogP contribution in [0.3, 0.4) is 0 Å². The summed E-state index contributed by atoms with van der Waals surface area (Å²) in [7, 11) is 0. The van der Waals surface area contributed by atoms with E-state index in [0.29, 0.717) is 6.54 Å². The lowest BCUT2D eigenvalue weighted by atomic mass is 9.90. The molecular formula is C17H24N2O2. The van der Waals surface area contributed by atoms with Crippen molar-refractivity contribution in [2.75, 3.05) is 26.3 Å². The highest BCUT2D eigenvalue weighted by Gasteiger charge is 2.25. The zero-order chi connectivity index (χ0) is 14.5. The van der Waals surface area contributed by atoms with Crippen molar-refractivity contribution < 1.29 is 9.53 Å². The van der Waals surface area contributed by atoms with Crippen LogP contribution >= 0.6 is 0 Å². The molecule has 21 heavy (non-hydrogen) atoms. The number of carbonyl (C=O) groups is 1. The van der Waals surface area contributed by atoms with Crippen molar-refractivity contribution >= 4 is 5.91 Å². The fourth-order valence-corrected chi connectivity index (χ4v) is 2.77. The van der Waals surface area contributed by atoms with Crippen molar-refractivity contribution in [1.29, 1.82) is 0 Å². The maximum Gasteiger partial charge on any atom is 0.228 e. The molecule has 3 rings (SSSR count). The fourth-order valence-electron chi connectivity index (χ4n) is 2.77. The Morgan fingerprint density at radius 2 is 2.19 bits per heavy atom. The summed E-state index contributed by atoms with van der Waals surface area (Å²) in [6.07, 6.45) is 3.54. The summed E-state index contributed by atoms with van der Waals surface area (Å²) in [5.41, 5.74) is 2.40. The molecule has 0 spiro atoms. The van der Waals surface area contributed by atoms with Crippen LogP contribution in [-0.2, 0) is 16.1 Å². The van der Waals surface area contributed by atoms with E-state index in [1.807, 2.05) is 12.1 Å². The molecule has 114 valence electrons. The minimum Gasteiger partial charge on any atom is -0.381 e. The van der Waals surface area contributed by atoms with E-state index in [4.69, 9.17) is 4.74 Å². The SMILES string of the molecule is O=C(NCCCOCC1CC1)C1CNCc2ccccc21. The Labute approximate surface area is 126 Å². The van der Waals surface area contributed by atoms with Gasteiger partial charge in [0.15, 0.2) is 0 Å². The number of hydrogen-bond acceptors (Lipinski definition) is 3. The van der Waals surface area contributed by atoms with Gasteiger partial charge in [-0.2, -0.15) is 0 Å². The first-order valence-corrected chi connectivity index (χ1v) is 7.98. The summed E-state index contributed by atoms with van der Waals surface area (Å²) in [6.45, 7) is 3.92. The highest BCUT2D eigenvalue weighted by Crippen LogP contribution is 2.28. The normalized spacial score (nSPS) is 20.9. The van der Waals surface area contributed by atoms with E-state index in [2.05, 4.69) is 22.8 Å². The monoisotopic (exact) mass is 288 g/mol. The Kier molecular flexibility index (Phi) is 4.88. The molecular weight excluding hydrogens is 264 g/mol. The van der Waals surface area contributed by atoms with Gasteiger partial charge in [0.25, 0.3) is 0 Å². The fraction of sp³-hybridized carbons (Fsp3) is 0.588. The first-order valence-electron chi connectivity index (χ1n) is 7.98. The number of fused-ring (bicyclic) bond motifs is 1. The van der Waals surface area contributed by atoms with Crippen molar-refractivity contribution in [3.05, 3.63) is 35.4 Å². The van der Waals surface area contributed by atoms with E-state index in [9.17, 15) is 4.79 Å². The Morgan fingerprint density at radius 1 is 1.33 bits per heavy atom. The van der Waals surface area contributed by atoms with Crippen molar-refractivity contribution in [2.24, 2.45) is 5.92 Å². The van der Waals surface area contributed by atoms with Crippen LogP contribution in [0.2, 0.25) is 0 Å². The van der Waals surface area contributed by atoms with E-state index in [-0.39, 0.29) is 11.8 Å². The molecule has 4 heteroatoms. The molecule has 1 atom stereocenters. The molecule has 0 saturated heterocycles. The van der Waals surface area contributed by atoms with E-state index in [1.165, 1.54) is 24.0 Å². The lowest BCUT2D eigenvalue weighted by Crippen LogP contribution is -2.39. The number of carbonyl (C=O) groups excluding carboxylic acids is 1. The van der Waals surface area contributed by atoms with Crippen molar-refractivity contribution in [3.8, 4) is 0 Å². The number of amides is 1. The van der Waals surface area contributed by atoms with Crippen LogP contribution in [0.25, 0.3) is 0 Å². The third-order valence-electron chi connectivity index (χ3n) is 4.23. The molecule has 1 unspecified atom stereocenters. The largest absolute Gasteiger partial charge is 0.381 e. The van der Waals surface area contributed by atoms with Gasteiger partial charge in [-0.1, -0.05) is 24.3 Å². The molecule has 0 aromatic heterocycles. The third kappa shape index (κ3) is 4.05. The molecule has 2 aliphatic rings. The molecule has 2 N–H and O–H groups in total. The molecule has 4 nitrogen and oxygen atoms in total. The minimum absolute atomic E-state index is 0.0673.